The zero-order chi connectivity index (χ0) is 14.8. The van der Waals surface area contributed by atoms with E-state index in [9.17, 15) is 4.39 Å². The van der Waals surface area contributed by atoms with E-state index < -0.39 is 0 Å². The van der Waals surface area contributed by atoms with E-state index in [-0.39, 0.29) is 5.82 Å². The first-order valence-electron chi connectivity index (χ1n) is 6.50. The Morgan fingerprint density at radius 3 is 2.62 bits per heavy atom. The average Bonchev–Trinajstić information content (AvgIpc) is 2.99. The molecule has 0 bridgehead atoms. The van der Waals surface area contributed by atoms with Gasteiger partial charge in [-0.25, -0.2) is 4.39 Å². The molecule has 0 radical (unpaired) electrons. The van der Waals surface area contributed by atoms with Crippen molar-refractivity contribution in [1.29, 1.82) is 0 Å². The molecule has 0 amide bonds. The molecule has 108 valence electrons. The van der Waals surface area contributed by atoms with E-state index in [0.29, 0.717) is 27.1 Å². The average molecular weight is 324 g/mol. The topological polar surface area (TPSA) is 21.3 Å². The van der Waals surface area contributed by atoms with E-state index >= 15 is 0 Å². The van der Waals surface area contributed by atoms with Crippen molar-refractivity contribution in [2.45, 2.75) is 6.42 Å². The van der Waals surface area contributed by atoms with Crippen LogP contribution in [0.2, 0.25) is 10.0 Å². The molecule has 0 unspecified atom stereocenters. The SMILES string of the molecule is Fc1ccc(Oc2ccc(Cl)c(Cl)c2)c(C2=CCCN2)c1. The number of nitrogens with one attached hydrogen (secondary N) is 1. The molecule has 1 N–H and O–H groups in total. The van der Waals surface area contributed by atoms with Gasteiger partial charge in [0, 0.05) is 23.9 Å². The van der Waals surface area contributed by atoms with Crippen molar-refractivity contribution in [3.8, 4) is 11.5 Å². The van der Waals surface area contributed by atoms with Gasteiger partial charge in [0.2, 0.25) is 0 Å². The summed E-state index contributed by atoms with van der Waals surface area (Å²) in [6, 6.07) is 9.44. The molecule has 0 atom stereocenters. The Bertz CT molecular complexity index is 715. The predicted molar refractivity (Wildman–Crippen MR) is 83.5 cm³/mol. The van der Waals surface area contributed by atoms with Crippen molar-refractivity contribution < 1.29 is 9.13 Å². The van der Waals surface area contributed by atoms with Crippen LogP contribution in [0.25, 0.3) is 5.70 Å². The van der Waals surface area contributed by atoms with Crippen molar-refractivity contribution in [2.75, 3.05) is 6.54 Å². The van der Waals surface area contributed by atoms with Gasteiger partial charge in [-0.3, -0.25) is 0 Å². The maximum Gasteiger partial charge on any atom is 0.136 e. The number of rotatable bonds is 3. The van der Waals surface area contributed by atoms with Gasteiger partial charge < -0.3 is 10.1 Å². The summed E-state index contributed by atoms with van der Waals surface area (Å²) < 4.78 is 19.3. The van der Waals surface area contributed by atoms with Crippen molar-refractivity contribution in [1.82, 2.24) is 5.32 Å². The zero-order valence-corrected chi connectivity index (χ0v) is 12.5. The molecule has 2 nitrogen and oxygen atoms in total. The highest BCUT2D eigenvalue weighted by Gasteiger charge is 2.14. The van der Waals surface area contributed by atoms with Gasteiger partial charge in [-0.15, -0.1) is 0 Å². The Morgan fingerprint density at radius 2 is 1.90 bits per heavy atom. The first kappa shape index (κ1) is 14.2. The Labute approximate surface area is 132 Å². The molecule has 1 aliphatic heterocycles. The summed E-state index contributed by atoms with van der Waals surface area (Å²) in [5.74, 6) is 0.812. The van der Waals surface area contributed by atoms with Gasteiger partial charge in [-0.1, -0.05) is 29.3 Å². The van der Waals surface area contributed by atoms with E-state index in [0.717, 1.165) is 18.7 Å². The van der Waals surface area contributed by atoms with Crippen LogP contribution in [-0.4, -0.2) is 6.54 Å². The third-order valence-electron chi connectivity index (χ3n) is 3.16. The number of hydrogen-bond donors (Lipinski definition) is 1. The van der Waals surface area contributed by atoms with Crippen LogP contribution < -0.4 is 10.1 Å². The third-order valence-corrected chi connectivity index (χ3v) is 3.90. The predicted octanol–water partition coefficient (Wildman–Crippen LogP) is 5.26. The number of halogens is 3. The lowest BCUT2D eigenvalue weighted by Gasteiger charge is -2.13. The molecule has 3 rings (SSSR count). The molecule has 5 heteroatoms. The second-order valence-electron chi connectivity index (χ2n) is 4.65. The van der Waals surface area contributed by atoms with Crippen LogP contribution in [0, 0.1) is 5.82 Å². The molecule has 0 spiro atoms. The van der Waals surface area contributed by atoms with Crippen LogP contribution in [0.3, 0.4) is 0 Å². The molecule has 0 saturated heterocycles. The standard InChI is InChI=1S/C16H12Cl2FNO/c17-13-5-4-11(9-14(13)18)21-16-6-3-10(19)8-12(16)15-2-1-7-20-15/h2-6,8-9,20H,1,7H2. The van der Waals surface area contributed by atoms with Gasteiger partial charge in [0.15, 0.2) is 0 Å². The number of ether oxygens (including phenoxy) is 1. The Hall–Kier alpha value is -1.71. The Balaban J connectivity index is 1.96. The van der Waals surface area contributed by atoms with Crippen molar-refractivity contribution in [3.63, 3.8) is 0 Å². The maximum atomic E-state index is 13.5. The van der Waals surface area contributed by atoms with E-state index in [1.807, 2.05) is 6.08 Å². The fourth-order valence-electron chi connectivity index (χ4n) is 2.17. The van der Waals surface area contributed by atoms with Gasteiger partial charge >= 0.3 is 0 Å². The summed E-state index contributed by atoms with van der Waals surface area (Å²) >= 11 is 11.9. The lowest BCUT2D eigenvalue weighted by Crippen LogP contribution is -2.07. The molecular weight excluding hydrogens is 312 g/mol. The van der Waals surface area contributed by atoms with Crippen LogP contribution in [0.15, 0.2) is 42.5 Å². The molecule has 1 aliphatic rings. The van der Waals surface area contributed by atoms with Gasteiger partial charge in [0.1, 0.15) is 17.3 Å². The van der Waals surface area contributed by atoms with Crippen LogP contribution in [0.4, 0.5) is 4.39 Å². The van der Waals surface area contributed by atoms with Gasteiger partial charge in [0.05, 0.1) is 10.0 Å². The molecular formula is C16H12Cl2FNO. The van der Waals surface area contributed by atoms with Crippen LogP contribution in [0.1, 0.15) is 12.0 Å². The van der Waals surface area contributed by atoms with Crippen LogP contribution in [0.5, 0.6) is 11.5 Å². The Morgan fingerprint density at radius 1 is 1.05 bits per heavy atom. The minimum atomic E-state index is -0.305. The van der Waals surface area contributed by atoms with Gasteiger partial charge in [-0.2, -0.15) is 0 Å². The largest absolute Gasteiger partial charge is 0.457 e. The maximum absolute atomic E-state index is 13.5. The van der Waals surface area contributed by atoms with Gasteiger partial charge in [0.25, 0.3) is 0 Å². The minimum Gasteiger partial charge on any atom is -0.457 e. The highest BCUT2D eigenvalue weighted by atomic mass is 35.5. The second-order valence-corrected chi connectivity index (χ2v) is 5.47. The van der Waals surface area contributed by atoms with E-state index in [4.69, 9.17) is 27.9 Å². The van der Waals surface area contributed by atoms with Crippen molar-refractivity contribution in [2.24, 2.45) is 0 Å². The lowest BCUT2D eigenvalue weighted by molar-refractivity contribution is 0.478. The molecule has 21 heavy (non-hydrogen) atoms. The van der Waals surface area contributed by atoms with Crippen molar-refractivity contribution >= 4 is 28.9 Å². The summed E-state index contributed by atoms with van der Waals surface area (Å²) in [7, 11) is 0. The second kappa shape index (κ2) is 5.96. The fourth-order valence-corrected chi connectivity index (χ4v) is 2.46. The zero-order valence-electron chi connectivity index (χ0n) is 11.0. The summed E-state index contributed by atoms with van der Waals surface area (Å²) in [5.41, 5.74) is 1.57. The van der Waals surface area contributed by atoms with E-state index in [1.165, 1.54) is 12.1 Å². The first-order chi connectivity index (χ1) is 10.1. The highest BCUT2D eigenvalue weighted by molar-refractivity contribution is 6.42. The normalized spacial score (nSPS) is 13.8. The Kier molecular flexibility index (Phi) is 4.04. The molecule has 0 aliphatic carbocycles. The quantitative estimate of drug-likeness (QED) is 0.831. The lowest BCUT2D eigenvalue weighted by atomic mass is 10.1. The van der Waals surface area contributed by atoms with Crippen LogP contribution in [-0.2, 0) is 0 Å². The smallest absolute Gasteiger partial charge is 0.136 e. The third kappa shape index (κ3) is 3.14. The summed E-state index contributed by atoms with van der Waals surface area (Å²) in [4.78, 5) is 0. The first-order valence-corrected chi connectivity index (χ1v) is 7.26. The molecule has 1 heterocycles. The molecule has 0 saturated carbocycles. The summed E-state index contributed by atoms with van der Waals surface area (Å²) in [6.45, 7) is 0.845. The number of benzene rings is 2. The van der Waals surface area contributed by atoms with E-state index in [2.05, 4.69) is 5.32 Å². The highest BCUT2D eigenvalue weighted by Crippen LogP contribution is 2.34. The van der Waals surface area contributed by atoms with E-state index in [1.54, 1.807) is 24.3 Å². The van der Waals surface area contributed by atoms with Crippen molar-refractivity contribution in [3.05, 3.63) is 63.9 Å². The minimum absolute atomic E-state index is 0.305. The molecule has 2 aromatic carbocycles. The summed E-state index contributed by atoms with van der Waals surface area (Å²) in [5, 5.41) is 4.09. The fraction of sp³-hybridized carbons (Fsp3) is 0.125. The van der Waals surface area contributed by atoms with Gasteiger partial charge in [-0.05, 0) is 36.8 Å². The molecule has 0 aromatic heterocycles. The monoisotopic (exact) mass is 323 g/mol. The molecule has 0 fully saturated rings. The van der Waals surface area contributed by atoms with Crippen LogP contribution >= 0.6 is 23.2 Å². The number of hydrogen-bond acceptors (Lipinski definition) is 2. The molecule has 2 aromatic rings. The summed E-state index contributed by atoms with van der Waals surface area (Å²) in [6.07, 6.45) is 2.94.